The van der Waals surface area contributed by atoms with E-state index in [1.54, 1.807) is 0 Å². The first-order valence-corrected chi connectivity index (χ1v) is 8.27. The number of aryl methyl sites for hydroxylation is 1. The van der Waals surface area contributed by atoms with E-state index >= 15 is 0 Å². The number of allylic oxidation sites excluding steroid dienone is 1. The Bertz CT molecular complexity index is 789. The number of ether oxygens (including phenoxy) is 1. The van der Waals surface area contributed by atoms with Crippen LogP contribution in [0, 0.1) is 5.82 Å². The van der Waals surface area contributed by atoms with Crippen LogP contribution in [0.2, 0.25) is 5.02 Å². The van der Waals surface area contributed by atoms with E-state index in [1.807, 2.05) is 0 Å². The van der Waals surface area contributed by atoms with Crippen molar-refractivity contribution in [2.45, 2.75) is 31.6 Å². The molecule has 0 saturated heterocycles. The summed E-state index contributed by atoms with van der Waals surface area (Å²) >= 11 is 5.58. The van der Waals surface area contributed by atoms with Crippen LogP contribution in [-0.2, 0) is 11.2 Å². The molecular formula is C17H17ClFN3O3. The largest absolute Gasteiger partial charge is 0.484 e. The van der Waals surface area contributed by atoms with E-state index in [1.165, 1.54) is 12.1 Å². The monoisotopic (exact) mass is 365 g/mol. The van der Waals surface area contributed by atoms with Gasteiger partial charge in [-0.25, -0.2) is 4.39 Å². The third-order valence-corrected chi connectivity index (χ3v) is 3.93. The van der Waals surface area contributed by atoms with Crippen LogP contribution in [0.1, 0.15) is 37.0 Å². The highest BCUT2D eigenvalue weighted by molar-refractivity contribution is 6.30. The first-order chi connectivity index (χ1) is 12.0. The molecule has 1 aliphatic carbocycles. The highest BCUT2D eigenvalue weighted by Crippen LogP contribution is 2.39. The van der Waals surface area contributed by atoms with Crippen LogP contribution in [0.3, 0.4) is 0 Å². The molecule has 1 aromatic carbocycles. The van der Waals surface area contributed by atoms with Gasteiger partial charge >= 0.3 is 0 Å². The zero-order valence-electron chi connectivity index (χ0n) is 13.4. The normalized spacial score (nSPS) is 13.5. The fraction of sp³-hybridized carbons (Fsp3) is 0.353. The van der Waals surface area contributed by atoms with Crippen LogP contribution in [0.4, 0.5) is 4.39 Å². The average molecular weight is 366 g/mol. The molecule has 0 unspecified atom stereocenters. The lowest BCUT2D eigenvalue weighted by atomic mass is 10.2. The van der Waals surface area contributed by atoms with Gasteiger partial charge in [-0.3, -0.25) is 4.79 Å². The Kier molecular flexibility index (Phi) is 5.33. The maximum atomic E-state index is 13.3. The summed E-state index contributed by atoms with van der Waals surface area (Å²) in [6.45, 7) is 3.53. The molecule has 1 N–H and O–H groups in total. The molecule has 2 aromatic rings. The molecule has 132 valence electrons. The number of rotatable bonds is 8. The van der Waals surface area contributed by atoms with Crippen LogP contribution in [0.5, 0.6) is 5.75 Å². The van der Waals surface area contributed by atoms with Gasteiger partial charge in [0.25, 0.3) is 5.91 Å². The van der Waals surface area contributed by atoms with Gasteiger partial charge in [0.1, 0.15) is 11.6 Å². The van der Waals surface area contributed by atoms with Crippen molar-refractivity contribution >= 4 is 17.5 Å². The summed E-state index contributed by atoms with van der Waals surface area (Å²) in [5.74, 6) is 0.872. The number of amides is 1. The van der Waals surface area contributed by atoms with Gasteiger partial charge in [-0.2, -0.15) is 0 Å². The molecule has 0 spiro atoms. The van der Waals surface area contributed by atoms with Crippen molar-refractivity contribution < 1.29 is 18.3 Å². The number of carbonyl (C=O) groups excluding carboxylic acids is 1. The molecule has 8 heteroatoms. The SMILES string of the molecule is C=C(CCc1nnc(C2CC2)o1)NC(=O)COc1ccc(Cl)c(F)c1. The second-order valence-corrected chi connectivity index (χ2v) is 6.23. The molecule has 1 fully saturated rings. The van der Waals surface area contributed by atoms with Gasteiger partial charge in [0.15, 0.2) is 6.61 Å². The summed E-state index contributed by atoms with van der Waals surface area (Å²) in [7, 11) is 0. The summed E-state index contributed by atoms with van der Waals surface area (Å²) in [5.41, 5.74) is 0.516. The van der Waals surface area contributed by atoms with E-state index in [4.69, 9.17) is 20.8 Å². The lowest BCUT2D eigenvalue weighted by molar-refractivity contribution is -0.122. The van der Waals surface area contributed by atoms with E-state index in [0.29, 0.717) is 36.2 Å². The quantitative estimate of drug-likeness (QED) is 0.776. The van der Waals surface area contributed by atoms with Crippen molar-refractivity contribution in [3.63, 3.8) is 0 Å². The molecule has 0 aliphatic heterocycles. The minimum atomic E-state index is -0.603. The third kappa shape index (κ3) is 5.03. The molecule has 1 aromatic heterocycles. The van der Waals surface area contributed by atoms with E-state index in [0.717, 1.165) is 18.9 Å². The van der Waals surface area contributed by atoms with E-state index in [2.05, 4.69) is 22.1 Å². The molecule has 1 heterocycles. The second-order valence-electron chi connectivity index (χ2n) is 5.82. The van der Waals surface area contributed by atoms with Gasteiger partial charge in [-0.15, -0.1) is 10.2 Å². The predicted molar refractivity (Wildman–Crippen MR) is 88.8 cm³/mol. The Morgan fingerprint density at radius 2 is 2.24 bits per heavy atom. The van der Waals surface area contributed by atoms with E-state index < -0.39 is 5.82 Å². The molecule has 0 atom stereocenters. The zero-order chi connectivity index (χ0) is 17.8. The van der Waals surface area contributed by atoms with Crippen molar-refractivity contribution in [2.75, 3.05) is 6.61 Å². The van der Waals surface area contributed by atoms with E-state index in [-0.39, 0.29) is 23.3 Å². The molecule has 3 rings (SSSR count). The Hall–Kier alpha value is -2.41. The predicted octanol–water partition coefficient (Wildman–Crippen LogP) is 3.38. The van der Waals surface area contributed by atoms with Gasteiger partial charge < -0.3 is 14.5 Å². The average Bonchev–Trinajstić information content (AvgIpc) is 3.32. The Morgan fingerprint density at radius 1 is 1.44 bits per heavy atom. The number of hydrogen-bond acceptors (Lipinski definition) is 5. The lowest BCUT2D eigenvalue weighted by Gasteiger charge is -2.09. The summed E-state index contributed by atoms with van der Waals surface area (Å²) in [5, 5.41) is 10.6. The number of nitrogens with zero attached hydrogens (tertiary/aromatic N) is 2. The molecular weight excluding hydrogens is 349 g/mol. The minimum absolute atomic E-state index is 0.00366. The van der Waals surface area contributed by atoms with Gasteiger partial charge in [0.05, 0.1) is 5.02 Å². The van der Waals surface area contributed by atoms with Crippen LogP contribution in [0.25, 0.3) is 0 Å². The number of carbonyl (C=O) groups is 1. The van der Waals surface area contributed by atoms with Gasteiger partial charge in [-0.05, 0) is 31.4 Å². The fourth-order valence-corrected chi connectivity index (χ4v) is 2.25. The third-order valence-electron chi connectivity index (χ3n) is 3.63. The van der Waals surface area contributed by atoms with Gasteiger partial charge in [0.2, 0.25) is 11.8 Å². The van der Waals surface area contributed by atoms with E-state index in [9.17, 15) is 9.18 Å². The molecule has 6 nitrogen and oxygen atoms in total. The van der Waals surface area contributed by atoms with Crippen LogP contribution in [-0.4, -0.2) is 22.7 Å². The Labute approximate surface area is 149 Å². The van der Waals surface area contributed by atoms with Crippen molar-refractivity contribution in [3.8, 4) is 5.75 Å². The van der Waals surface area contributed by atoms with Gasteiger partial charge in [0, 0.05) is 24.1 Å². The number of halogens is 2. The van der Waals surface area contributed by atoms with Crippen LogP contribution in [0.15, 0.2) is 34.9 Å². The standard InChI is InChI=1S/C17H17ClFN3O3/c1-10(2-7-16-21-22-17(25-16)11-3-4-11)20-15(23)9-24-12-5-6-13(18)14(19)8-12/h5-6,8,11H,1-4,7,9H2,(H,20,23). The minimum Gasteiger partial charge on any atom is -0.484 e. The molecule has 1 saturated carbocycles. The lowest BCUT2D eigenvalue weighted by Crippen LogP contribution is -2.28. The Morgan fingerprint density at radius 3 is 2.96 bits per heavy atom. The molecule has 0 bridgehead atoms. The molecule has 0 radical (unpaired) electrons. The Balaban J connectivity index is 1.39. The summed E-state index contributed by atoms with van der Waals surface area (Å²) in [4.78, 5) is 11.8. The van der Waals surface area contributed by atoms with Crippen molar-refractivity contribution in [1.29, 1.82) is 0 Å². The second kappa shape index (κ2) is 7.65. The molecule has 1 aliphatic rings. The zero-order valence-corrected chi connectivity index (χ0v) is 14.2. The maximum Gasteiger partial charge on any atom is 0.262 e. The van der Waals surface area contributed by atoms with Crippen molar-refractivity contribution in [1.82, 2.24) is 15.5 Å². The summed E-state index contributed by atoms with van der Waals surface area (Å²) in [6, 6.07) is 3.97. The molecule has 1 amide bonds. The number of nitrogens with one attached hydrogen (secondary N) is 1. The number of aromatic nitrogens is 2. The first-order valence-electron chi connectivity index (χ1n) is 7.89. The van der Waals surface area contributed by atoms with Crippen molar-refractivity contribution in [3.05, 3.63) is 53.1 Å². The smallest absolute Gasteiger partial charge is 0.262 e. The summed E-state index contributed by atoms with van der Waals surface area (Å²) < 4.78 is 24.0. The number of benzene rings is 1. The molecule has 25 heavy (non-hydrogen) atoms. The fourth-order valence-electron chi connectivity index (χ4n) is 2.13. The maximum absolute atomic E-state index is 13.3. The number of hydrogen-bond donors (Lipinski definition) is 1. The van der Waals surface area contributed by atoms with Crippen LogP contribution < -0.4 is 10.1 Å². The highest BCUT2D eigenvalue weighted by Gasteiger charge is 2.29. The highest BCUT2D eigenvalue weighted by atomic mass is 35.5. The summed E-state index contributed by atoms with van der Waals surface area (Å²) in [6.07, 6.45) is 3.18. The first kappa shape index (κ1) is 17.4. The topological polar surface area (TPSA) is 77.3 Å². The van der Waals surface area contributed by atoms with Crippen LogP contribution >= 0.6 is 11.6 Å². The van der Waals surface area contributed by atoms with Gasteiger partial charge in [-0.1, -0.05) is 18.2 Å². The van der Waals surface area contributed by atoms with Crippen molar-refractivity contribution in [2.24, 2.45) is 0 Å².